The zero-order valence-electron chi connectivity index (χ0n) is 14.2. The van der Waals surface area contributed by atoms with Crippen molar-refractivity contribution in [2.24, 2.45) is 0 Å². The number of aromatic hydroxyl groups is 1. The van der Waals surface area contributed by atoms with Crippen LogP contribution in [0.15, 0.2) is 34.6 Å². The lowest BCUT2D eigenvalue weighted by molar-refractivity contribution is 0.101. The molecular formula is C20H21NO4. The second-order valence-electron chi connectivity index (χ2n) is 6.69. The minimum atomic E-state index is -0.163. The number of phenolic OH excluding ortho intramolecular Hbond substituents is 1. The first-order valence-electron chi connectivity index (χ1n) is 8.69. The summed E-state index contributed by atoms with van der Waals surface area (Å²) in [6, 6.07) is 5.19. The number of rotatable bonds is 3. The molecule has 0 spiro atoms. The first-order chi connectivity index (χ1) is 12.1. The summed E-state index contributed by atoms with van der Waals surface area (Å²) in [6.07, 6.45) is 6.73. The van der Waals surface area contributed by atoms with Crippen LogP contribution in [-0.4, -0.2) is 28.9 Å². The molecule has 1 N–H and O–H groups in total. The van der Waals surface area contributed by atoms with Crippen LogP contribution in [0, 0.1) is 6.92 Å². The van der Waals surface area contributed by atoms with Gasteiger partial charge in [-0.2, -0.15) is 0 Å². The average molecular weight is 339 g/mol. The molecule has 3 heterocycles. The Bertz CT molecular complexity index is 830. The molecule has 0 aliphatic carbocycles. The van der Waals surface area contributed by atoms with Gasteiger partial charge in [0, 0.05) is 12.6 Å². The van der Waals surface area contributed by atoms with Crippen LogP contribution in [0.25, 0.3) is 6.08 Å². The Hall–Kier alpha value is -2.53. The SMILES string of the molecule is Cc1cc(O)c(CN2CCCCC2)c2c1C(=O)/C(=C/c1ccco1)O2. The van der Waals surface area contributed by atoms with Gasteiger partial charge in [0.15, 0.2) is 5.76 Å². The number of likely N-dealkylation sites (tertiary alicyclic amines) is 1. The number of aryl methyl sites for hydroxylation is 1. The highest BCUT2D eigenvalue weighted by molar-refractivity contribution is 6.15. The standard InChI is InChI=1S/C20H21NO4/c1-13-10-16(22)15(12-21-7-3-2-4-8-21)20-18(13)19(23)17(25-20)11-14-6-5-9-24-14/h5-6,9-11,22H,2-4,7-8,12H2,1H3/b17-11-. The number of allylic oxidation sites excluding steroid dienone is 1. The molecule has 5 nitrogen and oxygen atoms in total. The van der Waals surface area contributed by atoms with Crippen LogP contribution in [-0.2, 0) is 6.54 Å². The van der Waals surface area contributed by atoms with Crippen molar-refractivity contribution < 1.29 is 19.1 Å². The van der Waals surface area contributed by atoms with Crippen LogP contribution >= 0.6 is 0 Å². The molecule has 0 saturated carbocycles. The van der Waals surface area contributed by atoms with Crippen LogP contribution < -0.4 is 4.74 Å². The van der Waals surface area contributed by atoms with Crippen LogP contribution in [0.1, 0.15) is 46.5 Å². The van der Waals surface area contributed by atoms with Crippen molar-refractivity contribution in [1.82, 2.24) is 4.90 Å². The molecule has 0 amide bonds. The van der Waals surface area contributed by atoms with E-state index in [4.69, 9.17) is 9.15 Å². The quantitative estimate of drug-likeness (QED) is 0.860. The van der Waals surface area contributed by atoms with E-state index >= 15 is 0 Å². The zero-order chi connectivity index (χ0) is 17.4. The largest absolute Gasteiger partial charge is 0.507 e. The molecule has 130 valence electrons. The van der Waals surface area contributed by atoms with Gasteiger partial charge in [0.1, 0.15) is 17.3 Å². The second-order valence-corrected chi connectivity index (χ2v) is 6.69. The monoisotopic (exact) mass is 339 g/mol. The molecule has 4 rings (SSSR count). The van der Waals surface area contributed by atoms with Gasteiger partial charge in [-0.1, -0.05) is 6.42 Å². The molecule has 1 fully saturated rings. The zero-order valence-corrected chi connectivity index (χ0v) is 14.2. The molecule has 0 bridgehead atoms. The fraction of sp³-hybridized carbons (Fsp3) is 0.350. The first-order valence-corrected chi connectivity index (χ1v) is 8.69. The average Bonchev–Trinajstić information content (AvgIpc) is 3.22. The number of benzene rings is 1. The summed E-state index contributed by atoms with van der Waals surface area (Å²) >= 11 is 0. The number of carbonyl (C=O) groups is 1. The molecule has 0 unspecified atom stereocenters. The van der Waals surface area contributed by atoms with Crippen LogP contribution in [0.2, 0.25) is 0 Å². The Morgan fingerprint density at radius 2 is 2.08 bits per heavy atom. The van der Waals surface area contributed by atoms with Crippen molar-refractivity contribution in [3.8, 4) is 11.5 Å². The molecule has 5 heteroatoms. The van der Waals surface area contributed by atoms with Gasteiger partial charge < -0.3 is 14.3 Å². The Kier molecular flexibility index (Phi) is 4.09. The summed E-state index contributed by atoms with van der Waals surface area (Å²) in [6.45, 7) is 4.42. The lowest BCUT2D eigenvalue weighted by atomic mass is 9.99. The van der Waals surface area contributed by atoms with Gasteiger partial charge in [0.05, 0.1) is 17.4 Å². The lowest BCUT2D eigenvalue weighted by Crippen LogP contribution is -2.29. The molecule has 25 heavy (non-hydrogen) atoms. The number of nitrogens with zero attached hydrogens (tertiary/aromatic N) is 1. The van der Waals surface area contributed by atoms with Crippen molar-refractivity contribution in [2.75, 3.05) is 13.1 Å². The van der Waals surface area contributed by atoms with E-state index in [-0.39, 0.29) is 17.3 Å². The Balaban J connectivity index is 1.71. The fourth-order valence-corrected chi connectivity index (χ4v) is 3.58. The minimum Gasteiger partial charge on any atom is -0.507 e. The smallest absolute Gasteiger partial charge is 0.232 e. The first kappa shape index (κ1) is 16.0. The maximum atomic E-state index is 12.8. The number of ether oxygens (including phenoxy) is 1. The molecule has 2 aliphatic rings. The van der Waals surface area contributed by atoms with Crippen LogP contribution in [0.3, 0.4) is 0 Å². The third-order valence-corrected chi connectivity index (χ3v) is 4.87. The van der Waals surface area contributed by atoms with Gasteiger partial charge in [0.2, 0.25) is 5.78 Å². The highest BCUT2D eigenvalue weighted by Gasteiger charge is 2.34. The van der Waals surface area contributed by atoms with E-state index in [1.807, 2.05) is 6.92 Å². The fourth-order valence-electron chi connectivity index (χ4n) is 3.58. The van der Waals surface area contributed by atoms with Gasteiger partial charge in [-0.25, -0.2) is 0 Å². The summed E-state index contributed by atoms with van der Waals surface area (Å²) in [7, 11) is 0. The van der Waals surface area contributed by atoms with Crippen molar-refractivity contribution >= 4 is 11.9 Å². The summed E-state index contributed by atoms with van der Waals surface area (Å²) in [5.41, 5.74) is 1.96. The third kappa shape index (κ3) is 2.96. The van der Waals surface area contributed by atoms with Crippen molar-refractivity contribution in [1.29, 1.82) is 0 Å². The Labute approximate surface area is 146 Å². The van der Waals surface area contributed by atoms with E-state index in [1.54, 1.807) is 30.5 Å². The summed E-state index contributed by atoms with van der Waals surface area (Å²) < 4.78 is 11.2. The highest BCUT2D eigenvalue weighted by atomic mass is 16.5. The molecule has 0 atom stereocenters. The Morgan fingerprint density at radius 3 is 2.80 bits per heavy atom. The molecule has 1 aromatic heterocycles. The van der Waals surface area contributed by atoms with Crippen LogP contribution in [0.5, 0.6) is 11.5 Å². The van der Waals surface area contributed by atoms with E-state index in [0.29, 0.717) is 29.2 Å². The lowest BCUT2D eigenvalue weighted by Gasteiger charge is -2.27. The normalized spacial score (nSPS) is 19.2. The molecule has 1 saturated heterocycles. The predicted octanol–water partition coefficient (Wildman–Crippen LogP) is 3.90. The third-order valence-electron chi connectivity index (χ3n) is 4.87. The van der Waals surface area contributed by atoms with E-state index in [2.05, 4.69) is 4.90 Å². The van der Waals surface area contributed by atoms with E-state index in [1.165, 1.54) is 6.42 Å². The number of piperidine rings is 1. The summed E-state index contributed by atoms with van der Waals surface area (Å²) in [4.78, 5) is 15.1. The topological polar surface area (TPSA) is 62.9 Å². The predicted molar refractivity (Wildman–Crippen MR) is 93.6 cm³/mol. The van der Waals surface area contributed by atoms with Gasteiger partial charge in [-0.05, 0) is 56.6 Å². The van der Waals surface area contributed by atoms with E-state index < -0.39 is 0 Å². The number of hydrogen-bond donors (Lipinski definition) is 1. The maximum absolute atomic E-state index is 12.8. The number of hydrogen-bond acceptors (Lipinski definition) is 5. The van der Waals surface area contributed by atoms with E-state index in [0.717, 1.165) is 31.5 Å². The second kappa shape index (κ2) is 6.41. The highest BCUT2D eigenvalue weighted by Crippen LogP contribution is 2.42. The minimum absolute atomic E-state index is 0.163. The van der Waals surface area contributed by atoms with Crippen molar-refractivity contribution in [3.05, 3.63) is 52.7 Å². The summed E-state index contributed by atoms with van der Waals surface area (Å²) in [5, 5.41) is 10.5. The molecule has 0 radical (unpaired) electrons. The number of Topliss-reactive ketones (excluding diaryl/α,β-unsaturated/α-hetero) is 1. The van der Waals surface area contributed by atoms with Gasteiger partial charge in [-0.3, -0.25) is 9.69 Å². The number of carbonyl (C=O) groups excluding carboxylic acids is 1. The van der Waals surface area contributed by atoms with Gasteiger partial charge in [0.25, 0.3) is 0 Å². The van der Waals surface area contributed by atoms with Crippen molar-refractivity contribution in [2.45, 2.75) is 32.7 Å². The maximum Gasteiger partial charge on any atom is 0.232 e. The number of ketones is 1. The molecule has 1 aromatic carbocycles. The molecule has 2 aromatic rings. The molecular weight excluding hydrogens is 318 g/mol. The van der Waals surface area contributed by atoms with Gasteiger partial charge >= 0.3 is 0 Å². The van der Waals surface area contributed by atoms with Gasteiger partial charge in [-0.15, -0.1) is 0 Å². The number of phenols is 1. The molecule has 2 aliphatic heterocycles. The number of fused-ring (bicyclic) bond motifs is 1. The van der Waals surface area contributed by atoms with Crippen LogP contribution in [0.4, 0.5) is 0 Å². The number of furan rings is 1. The summed E-state index contributed by atoms with van der Waals surface area (Å²) in [5.74, 6) is 1.32. The van der Waals surface area contributed by atoms with E-state index in [9.17, 15) is 9.90 Å². The Morgan fingerprint density at radius 1 is 1.28 bits per heavy atom. The van der Waals surface area contributed by atoms with Crippen molar-refractivity contribution in [3.63, 3.8) is 0 Å².